The fourth-order valence-corrected chi connectivity index (χ4v) is 4.56. The van der Waals surface area contributed by atoms with Gasteiger partial charge in [0.1, 0.15) is 5.82 Å². The van der Waals surface area contributed by atoms with Crippen LogP contribution in [0.5, 0.6) is 0 Å². The monoisotopic (exact) mass is 388 g/mol. The third kappa shape index (κ3) is 4.75. The SMILES string of the molecule is CCNC(=NCC1CN2CCN1CC2)NC1CCN(c2cccc(F)c2)CC1. The summed E-state index contributed by atoms with van der Waals surface area (Å²) in [6, 6.07) is 7.87. The first kappa shape index (κ1) is 19.5. The Balaban J connectivity index is 1.29. The molecule has 6 nitrogen and oxygen atoms in total. The zero-order valence-electron chi connectivity index (χ0n) is 16.9. The van der Waals surface area contributed by atoms with Crippen LogP contribution in [0.3, 0.4) is 0 Å². The third-order valence-corrected chi connectivity index (χ3v) is 6.21. The number of piperazine rings is 3. The molecule has 4 saturated heterocycles. The summed E-state index contributed by atoms with van der Waals surface area (Å²) in [7, 11) is 0. The number of aliphatic imine (C=N–C) groups is 1. The molecule has 0 radical (unpaired) electrons. The van der Waals surface area contributed by atoms with Crippen molar-refractivity contribution in [3.63, 3.8) is 0 Å². The number of nitrogens with one attached hydrogen (secondary N) is 2. The maximum absolute atomic E-state index is 13.5. The Morgan fingerprint density at radius 2 is 1.93 bits per heavy atom. The van der Waals surface area contributed by atoms with Gasteiger partial charge in [0.05, 0.1) is 6.54 Å². The highest BCUT2D eigenvalue weighted by atomic mass is 19.1. The smallest absolute Gasteiger partial charge is 0.191 e. The van der Waals surface area contributed by atoms with E-state index >= 15 is 0 Å². The quantitative estimate of drug-likeness (QED) is 0.589. The van der Waals surface area contributed by atoms with Gasteiger partial charge < -0.3 is 15.5 Å². The van der Waals surface area contributed by atoms with E-state index in [9.17, 15) is 4.39 Å². The van der Waals surface area contributed by atoms with E-state index in [-0.39, 0.29) is 5.82 Å². The van der Waals surface area contributed by atoms with Crippen molar-refractivity contribution in [2.75, 3.05) is 63.8 Å². The molecule has 4 fully saturated rings. The second-order valence-electron chi connectivity index (χ2n) is 8.10. The summed E-state index contributed by atoms with van der Waals surface area (Å²) >= 11 is 0. The van der Waals surface area contributed by atoms with Crippen LogP contribution in [0.1, 0.15) is 19.8 Å². The number of rotatable bonds is 5. The van der Waals surface area contributed by atoms with Crippen molar-refractivity contribution >= 4 is 11.6 Å². The molecule has 0 aromatic heterocycles. The Morgan fingerprint density at radius 3 is 2.57 bits per heavy atom. The summed E-state index contributed by atoms with van der Waals surface area (Å²) < 4.78 is 13.5. The van der Waals surface area contributed by atoms with Gasteiger partial charge in [-0.3, -0.25) is 14.8 Å². The minimum atomic E-state index is -0.164. The second-order valence-corrected chi connectivity index (χ2v) is 8.10. The normalized spacial score (nSPS) is 28.4. The lowest BCUT2D eigenvalue weighted by atomic mass is 10.0. The molecular formula is C21H33FN6. The van der Waals surface area contributed by atoms with Gasteiger partial charge >= 0.3 is 0 Å². The zero-order valence-corrected chi connectivity index (χ0v) is 16.9. The van der Waals surface area contributed by atoms with Gasteiger partial charge in [-0.1, -0.05) is 6.07 Å². The van der Waals surface area contributed by atoms with Crippen molar-refractivity contribution in [2.45, 2.75) is 31.8 Å². The molecular weight excluding hydrogens is 355 g/mol. The largest absolute Gasteiger partial charge is 0.371 e. The summed E-state index contributed by atoms with van der Waals surface area (Å²) in [5, 5.41) is 7.04. The third-order valence-electron chi connectivity index (χ3n) is 6.21. The minimum absolute atomic E-state index is 0.164. The van der Waals surface area contributed by atoms with Crippen LogP contribution < -0.4 is 15.5 Å². The molecule has 0 amide bonds. The summed E-state index contributed by atoms with van der Waals surface area (Å²) in [4.78, 5) is 12.3. The van der Waals surface area contributed by atoms with Crippen LogP contribution in [0, 0.1) is 5.82 Å². The summed E-state index contributed by atoms with van der Waals surface area (Å²) in [6.45, 7) is 11.6. The molecule has 28 heavy (non-hydrogen) atoms. The molecule has 4 aliphatic heterocycles. The number of hydrogen-bond donors (Lipinski definition) is 2. The second kappa shape index (κ2) is 9.09. The average Bonchev–Trinajstić information content (AvgIpc) is 2.74. The van der Waals surface area contributed by atoms with Crippen LogP contribution >= 0.6 is 0 Å². The molecule has 7 heteroatoms. The molecule has 2 N–H and O–H groups in total. The predicted octanol–water partition coefficient (Wildman–Crippen LogP) is 1.35. The molecule has 1 aromatic carbocycles. The number of anilines is 1. The van der Waals surface area contributed by atoms with Gasteiger partial charge in [0, 0.05) is 70.1 Å². The van der Waals surface area contributed by atoms with Gasteiger partial charge in [0.2, 0.25) is 0 Å². The fourth-order valence-electron chi connectivity index (χ4n) is 4.56. The summed E-state index contributed by atoms with van der Waals surface area (Å²) in [5.74, 6) is 0.771. The number of halogens is 1. The van der Waals surface area contributed by atoms with Crippen molar-refractivity contribution in [1.82, 2.24) is 20.4 Å². The molecule has 1 aromatic rings. The molecule has 1 unspecified atom stereocenters. The van der Waals surface area contributed by atoms with Gasteiger partial charge in [0.15, 0.2) is 5.96 Å². The molecule has 0 aliphatic carbocycles. The van der Waals surface area contributed by atoms with E-state index in [0.717, 1.165) is 57.2 Å². The predicted molar refractivity (Wildman–Crippen MR) is 113 cm³/mol. The van der Waals surface area contributed by atoms with Gasteiger partial charge in [-0.05, 0) is 38.0 Å². The van der Waals surface area contributed by atoms with Crippen LogP contribution in [-0.4, -0.2) is 86.7 Å². The number of hydrogen-bond acceptors (Lipinski definition) is 4. The Morgan fingerprint density at radius 1 is 1.14 bits per heavy atom. The Kier molecular flexibility index (Phi) is 6.32. The number of fused-ring (bicyclic) bond motifs is 3. The molecule has 0 saturated carbocycles. The Labute approximate surface area is 167 Å². The van der Waals surface area contributed by atoms with Crippen molar-refractivity contribution in [1.29, 1.82) is 0 Å². The highest BCUT2D eigenvalue weighted by molar-refractivity contribution is 5.80. The van der Waals surface area contributed by atoms with Crippen LogP contribution in [0.2, 0.25) is 0 Å². The topological polar surface area (TPSA) is 46.1 Å². The van der Waals surface area contributed by atoms with Gasteiger partial charge in [-0.2, -0.15) is 0 Å². The average molecular weight is 389 g/mol. The molecule has 4 heterocycles. The first-order valence-electron chi connectivity index (χ1n) is 10.7. The molecule has 154 valence electrons. The standard InChI is InChI=1S/C21H33FN6/c1-2-23-21(24-15-20-16-26-10-12-28(20)13-11-26)25-18-6-8-27(9-7-18)19-5-3-4-17(22)14-19/h3-5,14,18,20H,2,6-13,15-16H2,1H3,(H2,23,24,25). The van der Waals surface area contributed by atoms with Crippen molar-refractivity contribution in [3.8, 4) is 0 Å². The number of benzene rings is 1. The van der Waals surface area contributed by atoms with Crippen molar-refractivity contribution in [2.24, 2.45) is 4.99 Å². The Hall–Kier alpha value is -1.86. The number of guanidine groups is 1. The van der Waals surface area contributed by atoms with Crippen molar-refractivity contribution < 1.29 is 4.39 Å². The van der Waals surface area contributed by atoms with Crippen molar-refractivity contribution in [3.05, 3.63) is 30.1 Å². The highest BCUT2D eigenvalue weighted by Crippen LogP contribution is 2.21. The van der Waals surface area contributed by atoms with E-state index in [0.29, 0.717) is 12.1 Å². The van der Waals surface area contributed by atoms with Gasteiger partial charge in [0.25, 0.3) is 0 Å². The van der Waals surface area contributed by atoms with Crippen LogP contribution in [0.25, 0.3) is 0 Å². The number of nitrogens with zero attached hydrogens (tertiary/aromatic N) is 4. The first-order chi connectivity index (χ1) is 13.7. The van der Waals surface area contributed by atoms with Crippen LogP contribution in [0.4, 0.5) is 10.1 Å². The lowest BCUT2D eigenvalue weighted by molar-refractivity contribution is 0.0174. The van der Waals surface area contributed by atoms with Gasteiger partial charge in [-0.15, -0.1) is 0 Å². The maximum Gasteiger partial charge on any atom is 0.191 e. The van der Waals surface area contributed by atoms with Gasteiger partial charge in [-0.25, -0.2) is 4.39 Å². The minimum Gasteiger partial charge on any atom is -0.371 e. The fraction of sp³-hybridized carbons (Fsp3) is 0.667. The van der Waals surface area contributed by atoms with E-state index in [2.05, 4.69) is 32.3 Å². The lowest BCUT2D eigenvalue weighted by Crippen LogP contribution is -2.62. The molecule has 0 spiro atoms. The molecule has 1 atom stereocenters. The first-order valence-corrected chi connectivity index (χ1v) is 10.7. The van der Waals surface area contributed by atoms with Crippen LogP contribution in [-0.2, 0) is 0 Å². The van der Waals surface area contributed by atoms with E-state index in [1.165, 1.54) is 32.2 Å². The van der Waals surface area contributed by atoms with E-state index in [1.54, 1.807) is 12.1 Å². The molecule has 2 bridgehead atoms. The zero-order chi connectivity index (χ0) is 19.3. The number of piperidine rings is 1. The summed E-state index contributed by atoms with van der Waals surface area (Å²) in [5.41, 5.74) is 0.982. The van der Waals surface area contributed by atoms with Crippen LogP contribution in [0.15, 0.2) is 29.3 Å². The van der Waals surface area contributed by atoms with E-state index in [1.807, 2.05) is 6.07 Å². The van der Waals surface area contributed by atoms with E-state index in [4.69, 9.17) is 4.99 Å². The Bertz CT molecular complexity index is 665. The molecule has 5 rings (SSSR count). The highest BCUT2D eigenvalue weighted by Gasteiger charge is 2.31. The molecule has 4 aliphatic rings. The maximum atomic E-state index is 13.5. The van der Waals surface area contributed by atoms with E-state index < -0.39 is 0 Å². The summed E-state index contributed by atoms with van der Waals surface area (Å²) in [6.07, 6.45) is 2.06. The lowest BCUT2D eigenvalue weighted by Gasteiger charge is -2.47.